The van der Waals surface area contributed by atoms with E-state index in [-0.39, 0.29) is 24.6 Å². The van der Waals surface area contributed by atoms with Crippen LogP contribution in [0, 0.1) is 23.7 Å². The zero-order valence-electron chi connectivity index (χ0n) is 24.0. The molecule has 3 fully saturated rings. The molecule has 2 aliphatic carbocycles. The van der Waals surface area contributed by atoms with Crippen LogP contribution in [0.2, 0.25) is 0 Å². The normalized spacial score (nSPS) is 32.6. The third kappa shape index (κ3) is 8.94. The number of hydrogen-bond acceptors (Lipinski definition) is 5. The quantitative estimate of drug-likeness (QED) is 0.125. The maximum Gasteiger partial charge on any atom is 0.199 e. The van der Waals surface area contributed by atoms with Crippen LogP contribution in [0.5, 0.6) is 0 Å². The number of aliphatic hydroxyl groups is 1. The highest BCUT2D eigenvalue weighted by atomic mass is 16.7. The second kappa shape index (κ2) is 16.2. The van der Waals surface area contributed by atoms with Crippen molar-refractivity contribution in [3.05, 3.63) is 36.1 Å². The highest BCUT2D eigenvalue weighted by molar-refractivity contribution is 5.23. The second-order valence-electron chi connectivity index (χ2n) is 12.2. The first kappa shape index (κ1) is 29.8. The number of fused-ring (bicyclic) bond motifs is 1. The fourth-order valence-electron chi connectivity index (χ4n) is 6.91. The SMILES string of the molecule is C=CCCCC(C)CC=C(OC1CCCCO1)[C@H]1[C@@H]2CC(CCCCCO)=C[C@@H]2C[C@@H]1OC1CCCCO1. The molecular formula is C33H54O5. The topological polar surface area (TPSA) is 57.2 Å². The summed E-state index contributed by atoms with van der Waals surface area (Å²) in [6, 6.07) is 0. The molecule has 2 heterocycles. The van der Waals surface area contributed by atoms with Gasteiger partial charge >= 0.3 is 0 Å². The van der Waals surface area contributed by atoms with Gasteiger partial charge in [0.1, 0.15) is 5.76 Å². The Bertz CT molecular complexity index is 748. The first-order valence-electron chi connectivity index (χ1n) is 15.8. The number of aliphatic hydroxyl groups excluding tert-OH is 1. The molecule has 1 N–H and O–H groups in total. The lowest BCUT2D eigenvalue weighted by Crippen LogP contribution is -2.34. The number of allylic oxidation sites excluding steroid dienone is 4. The Balaban J connectivity index is 1.50. The van der Waals surface area contributed by atoms with E-state index in [4.69, 9.17) is 24.1 Å². The van der Waals surface area contributed by atoms with Gasteiger partial charge in [-0.3, -0.25) is 0 Å². The van der Waals surface area contributed by atoms with Crippen molar-refractivity contribution < 1.29 is 24.1 Å². The van der Waals surface area contributed by atoms with Crippen molar-refractivity contribution >= 4 is 0 Å². The van der Waals surface area contributed by atoms with E-state index in [0.29, 0.717) is 24.4 Å². The zero-order valence-corrected chi connectivity index (χ0v) is 24.0. The Kier molecular flexibility index (Phi) is 12.7. The second-order valence-corrected chi connectivity index (χ2v) is 12.2. The molecule has 0 aromatic carbocycles. The van der Waals surface area contributed by atoms with Gasteiger partial charge in [0.15, 0.2) is 12.6 Å². The third-order valence-corrected chi connectivity index (χ3v) is 9.04. The first-order chi connectivity index (χ1) is 18.7. The van der Waals surface area contributed by atoms with Gasteiger partial charge in [0.25, 0.3) is 0 Å². The number of rotatable bonds is 16. The van der Waals surface area contributed by atoms with E-state index in [1.807, 2.05) is 6.08 Å². The van der Waals surface area contributed by atoms with Crippen LogP contribution in [0.4, 0.5) is 0 Å². The molecule has 0 bridgehead atoms. The fraction of sp³-hybridized carbons (Fsp3) is 0.818. The van der Waals surface area contributed by atoms with Crippen molar-refractivity contribution in [1.82, 2.24) is 0 Å². The minimum atomic E-state index is -0.135. The Morgan fingerprint density at radius 2 is 1.87 bits per heavy atom. The molecule has 0 aromatic heterocycles. The van der Waals surface area contributed by atoms with Crippen molar-refractivity contribution in [1.29, 1.82) is 0 Å². The predicted molar refractivity (Wildman–Crippen MR) is 152 cm³/mol. The molecule has 7 atom stereocenters. The summed E-state index contributed by atoms with van der Waals surface area (Å²) in [7, 11) is 0. The summed E-state index contributed by atoms with van der Waals surface area (Å²) in [6.45, 7) is 8.15. The van der Waals surface area contributed by atoms with Gasteiger partial charge < -0.3 is 24.1 Å². The smallest absolute Gasteiger partial charge is 0.199 e. The molecule has 1 saturated carbocycles. The molecular weight excluding hydrogens is 476 g/mol. The van der Waals surface area contributed by atoms with Crippen LogP contribution in [0.3, 0.4) is 0 Å². The molecule has 5 nitrogen and oxygen atoms in total. The molecule has 2 saturated heterocycles. The van der Waals surface area contributed by atoms with Gasteiger partial charge in [-0.05, 0) is 107 Å². The fourth-order valence-corrected chi connectivity index (χ4v) is 6.91. The van der Waals surface area contributed by atoms with Gasteiger partial charge in [-0.15, -0.1) is 6.58 Å². The highest BCUT2D eigenvalue weighted by Gasteiger charge is 2.49. The lowest BCUT2D eigenvalue weighted by atomic mass is 9.86. The maximum absolute atomic E-state index is 9.16. The van der Waals surface area contributed by atoms with Crippen molar-refractivity contribution in [2.24, 2.45) is 23.7 Å². The van der Waals surface area contributed by atoms with Gasteiger partial charge in [-0.1, -0.05) is 37.5 Å². The molecule has 2 aliphatic heterocycles. The van der Waals surface area contributed by atoms with E-state index >= 15 is 0 Å². The van der Waals surface area contributed by atoms with Gasteiger partial charge in [0, 0.05) is 25.6 Å². The molecule has 0 aromatic rings. The minimum absolute atomic E-state index is 0.0815. The summed E-state index contributed by atoms with van der Waals surface area (Å²) >= 11 is 0. The standard InChI is InChI=1S/C33H54O5/c1-3-4-6-13-25(2)17-18-29(37-31-15-8-11-20-35-31)33-28-23-26(14-7-5-10-19-34)22-27(28)24-30(33)38-32-16-9-12-21-36-32/h3,18,22,25,27-28,30-34H,1,4-17,19-21,23-24H2,2H3/t25?,27-,28-,30+,31?,32?,33-/m1/s1. The van der Waals surface area contributed by atoms with Crippen molar-refractivity contribution in [3.8, 4) is 0 Å². The molecule has 5 heteroatoms. The lowest BCUT2D eigenvalue weighted by molar-refractivity contribution is -0.200. The van der Waals surface area contributed by atoms with Crippen LogP contribution < -0.4 is 0 Å². The maximum atomic E-state index is 9.16. The summed E-state index contributed by atoms with van der Waals surface area (Å²) in [5, 5.41) is 9.16. The Morgan fingerprint density at radius 1 is 1.08 bits per heavy atom. The molecule has 4 aliphatic rings. The summed E-state index contributed by atoms with van der Waals surface area (Å²) in [4.78, 5) is 0. The van der Waals surface area contributed by atoms with Crippen LogP contribution in [0.1, 0.15) is 110 Å². The van der Waals surface area contributed by atoms with Crippen LogP contribution in [-0.2, 0) is 18.9 Å². The first-order valence-corrected chi connectivity index (χ1v) is 15.8. The van der Waals surface area contributed by atoms with Crippen molar-refractivity contribution in [2.45, 2.75) is 128 Å². The van der Waals surface area contributed by atoms with E-state index in [1.54, 1.807) is 5.57 Å². The van der Waals surface area contributed by atoms with E-state index in [9.17, 15) is 0 Å². The average molecular weight is 531 g/mol. The van der Waals surface area contributed by atoms with Crippen molar-refractivity contribution in [2.75, 3.05) is 19.8 Å². The molecule has 0 amide bonds. The van der Waals surface area contributed by atoms with Crippen LogP contribution in [0.15, 0.2) is 36.1 Å². The molecule has 216 valence electrons. The molecule has 38 heavy (non-hydrogen) atoms. The zero-order chi connectivity index (χ0) is 26.6. The van der Waals surface area contributed by atoms with Gasteiger partial charge in [0.2, 0.25) is 0 Å². The van der Waals surface area contributed by atoms with E-state index < -0.39 is 0 Å². The lowest BCUT2D eigenvalue weighted by Gasteiger charge is -2.34. The summed E-state index contributed by atoms with van der Waals surface area (Å²) in [5.41, 5.74) is 1.60. The van der Waals surface area contributed by atoms with E-state index in [2.05, 4.69) is 25.7 Å². The van der Waals surface area contributed by atoms with Crippen molar-refractivity contribution in [3.63, 3.8) is 0 Å². The summed E-state index contributed by atoms with van der Waals surface area (Å²) < 4.78 is 25.6. The van der Waals surface area contributed by atoms with Crippen LogP contribution in [-0.4, -0.2) is 43.6 Å². The minimum Gasteiger partial charge on any atom is -0.469 e. The molecule has 3 unspecified atom stereocenters. The summed E-state index contributed by atoms with van der Waals surface area (Å²) in [5.74, 6) is 3.06. The molecule has 0 radical (unpaired) electrons. The number of hydrogen-bond donors (Lipinski definition) is 1. The average Bonchev–Trinajstić information content (AvgIpc) is 3.47. The van der Waals surface area contributed by atoms with Gasteiger partial charge in [-0.25, -0.2) is 0 Å². The highest BCUT2D eigenvalue weighted by Crippen LogP contribution is 2.52. The number of ether oxygens (including phenoxy) is 4. The summed E-state index contributed by atoms with van der Waals surface area (Å²) in [6.07, 6.45) is 24.6. The Morgan fingerprint density at radius 3 is 2.58 bits per heavy atom. The Labute approximate surface area is 232 Å². The van der Waals surface area contributed by atoms with E-state index in [1.165, 1.54) is 32.1 Å². The largest absolute Gasteiger partial charge is 0.469 e. The Hall–Kier alpha value is -1.14. The van der Waals surface area contributed by atoms with E-state index in [0.717, 1.165) is 89.6 Å². The van der Waals surface area contributed by atoms with Crippen LogP contribution in [0.25, 0.3) is 0 Å². The van der Waals surface area contributed by atoms with Gasteiger partial charge in [-0.2, -0.15) is 0 Å². The monoisotopic (exact) mass is 530 g/mol. The molecule has 0 spiro atoms. The molecule has 4 rings (SSSR count). The van der Waals surface area contributed by atoms with Crippen LogP contribution >= 0.6 is 0 Å². The third-order valence-electron chi connectivity index (χ3n) is 9.04. The predicted octanol–water partition coefficient (Wildman–Crippen LogP) is 7.84. The van der Waals surface area contributed by atoms with Gasteiger partial charge in [0.05, 0.1) is 12.7 Å². The number of unbranched alkanes of at least 4 members (excludes halogenated alkanes) is 3.